The van der Waals surface area contributed by atoms with Crippen molar-refractivity contribution in [3.8, 4) is 0 Å². The minimum atomic E-state index is -0.269. The molecule has 3 rings (SSSR count). The minimum absolute atomic E-state index is 0.122. The Bertz CT molecular complexity index is 755. The second kappa shape index (κ2) is 4.18. The van der Waals surface area contributed by atoms with E-state index in [1.54, 1.807) is 30.3 Å². The molecule has 0 spiro atoms. The summed E-state index contributed by atoms with van der Waals surface area (Å²) in [5.41, 5.74) is 7.29. The number of rotatable bonds is 0. The maximum absolute atomic E-state index is 12.4. The van der Waals surface area contributed by atoms with Gasteiger partial charge in [0.1, 0.15) is 0 Å². The van der Waals surface area contributed by atoms with E-state index in [4.69, 9.17) is 17.3 Å². The van der Waals surface area contributed by atoms with Crippen LogP contribution >= 0.6 is 27.5 Å². The fourth-order valence-corrected chi connectivity index (χ4v) is 3.03. The number of hydrogen-bond donors (Lipinski definition) is 1. The van der Waals surface area contributed by atoms with E-state index in [0.717, 1.165) is 0 Å². The molecule has 0 saturated carbocycles. The van der Waals surface area contributed by atoms with E-state index in [9.17, 15) is 9.59 Å². The SMILES string of the molecule is Nc1c(Br)cc2c(c1Cl)C(=O)c1ccccc1C2=O. The molecule has 5 heteroatoms. The number of ketones is 2. The molecular formula is C14H7BrClNO2. The quantitative estimate of drug-likeness (QED) is 0.640. The summed E-state index contributed by atoms with van der Waals surface area (Å²) in [6, 6.07) is 8.24. The van der Waals surface area contributed by atoms with Gasteiger partial charge < -0.3 is 5.73 Å². The lowest BCUT2D eigenvalue weighted by Gasteiger charge is -2.19. The zero-order chi connectivity index (χ0) is 13.7. The highest BCUT2D eigenvalue weighted by Gasteiger charge is 2.32. The van der Waals surface area contributed by atoms with Crippen LogP contribution < -0.4 is 5.73 Å². The number of hydrogen-bond acceptors (Lipinski definition) is 3. The van der Waals surface area contributed by atoms with Crippen molar-refractivity contribution in [1.29, 1.82) is 0 Å². The van der Waals surface area contributed by atoms with E-state index in [1.165, 1.54) is 0 Å². The predicted molar refractivity (Wildman–Crippen MR) is 76.9 cm³/mol. The molecule has 94 valence electrons. The van der Waals surface area contributed by atoms with Crippen molar-refractivity contribution in [1.82, 2.24) is 0 Å². The first-order chi connectivity index (χ1) is 9.02. The Morgan fingerprint density at radius 1 is 1.00 bits per heavy atom. The van der Waals surface area contributed by atoms with Gasteiger partial charge in [-0.15, -0.1) is 0 Å². The van der Waals surface area contributed by atoms with Crippen LogP contribution in [-0.4, -0.2) is 11.6 Å². The average Bonchev–Trinajstić information content (AvgIpc) is 2.42. The van der Waals surface area contributed by atoms with Crippen LogP contribution in [0.1, 0.15) is 31.8 Å². The van der Waals surface area contributed by atoms with Crippen LogP contribution in [0.2, 0.25) is 5.02 Å². The Kier molecular flexibility index (Phi) is 2.73. The topological polar surface area (TPSA) is 60.2 Å². The van der Waals surface area contributed by atoms with E-state index in [0.29, 0.717) is 15.6 Å². The van der Waals surface area contributed by atoms with Crippen LogP contribution in [0.25, 0.3) is 0 Å². The van der Waals surface area contributed by atoms with Gasteiger partial charge in [0.25, 0.3) is 0 Å². The monoisotopic (exact) mass is 335 g/mol. The Morgan fingerprint density at radius 2 is 1.58 bits per heavy atom. The summed E-state index contributed by atoms with van der Waals surface area (Å²) in [6.45, 7) is 0. The number of halogens is 2. The van der Waals surface area contributed by atoms with Gasteiger partial charge in [0, 0.05) is 21.2 Å². The van der Waals surface area contributed by atoms with Gasteiger partial charge in [-0.25, -0.2) is 0 Å². The van der Waals surface area contributed by atoms with Crippen molar-refractivity contribution in [3.63, 3.8) is 0 Å². The normalized spacial score (nSPS) is 13.2. The maximum atomic E-state index is 12.4. The Hall–Kier alpha value is -1.65. The molecule has 0 radical (unpaired) electrons. The number of nitrogen functional groups attached to an aromatic ring is 1. The molecule has 0 aliphatic heterocycles. The molecule has 2 aromatic carbocycles. The summed E-state index contributed by atoms with van der Waals surface area (Å²) in [4.78, 5) is 24.8. The molecule has 0 aromatic heterocycles. The minimum Gasteiger partial charge on any atom is -0.397 e. The van der Waals surface area contributed by atoms with Crippen LogP contribution in [0.5, 0.6) is 0 Å². The first kappa shape index (κ1) is 12.4. The van der Waals surface area contributed by atoms with Crippen LogP contribution in [0.3, 0.4) is 0 Å². The number of carbonyl (C=O) groups is 2. The van der Waals surface area contributed by atoms with Crippen molar-refractivity contribution in [2.24, 2.45) is 0 Å². The zero-order valence-corrected chi connectivity index (χ0v) is 11.9. The van der Waals surface area contributed by atoms with Gasteiger partial charge >= 0.3 is 0 Å². The first-order valence-corrected chi connectivity index (χ1v) is 6.65. The van der Waals surface area contributed by atoms with E-state index >= 15 is 0 Å². The summed E-state index contributed by atoms with van der Waals surface area (Å²) >= 11 is 9.35. The molecule has 2 aromatic rings. The molecule has 0 atom stereocenters. The zero-order valence-electron chi connectivity index (χ0n) is 9.54. The highest BCUT2D eigenvalue weighted by atomic mass is 79.9. The van der Waals surface area contributed by atoms with E-state index in [2.05, 4.69) is 15.9 Å². The third-order valence-electron chi connectivity index (χ3n) is 3.14. The number of benzene rings is 2. The van der Waals surface area contributed by atoms with E-state index < -0.39 is 0 Å². The standard InChI is InChI=1S/C14H7BrClNO2/c15-9-5-8-10(11(16)12(9)17)14(19)7-4-2-1-3-6(7)13(8)18/h1-5H,17H2. The van der Waals surface area contributed by atoms with E-state index in [-0.39, 0.29) is 33.4 Å². The lowest BCUT2D eigenvalue weighted by molar-refractivity contribution is 0.0979. The van der Waals surface area contributed by atoms with Gasteiger partial charge in [0.2, 0.25) is 0 Å². The van der Waals surface area contributed by atoms with Crippen LogP contribution in [0.15, 0.2) is 34.8 Å². The number of carbonyl (C=O) groups excluding carboxylic acids is 2. The lowest BCUT2D eigenvalue weighted by atomic mass is 9.84. The summed E-state index contributed by atoms with van der Waals surface area (Å²) < 4.78 is 0.511. The number of fused-ring (bicyclic) bond motifs is 2. The number of anilines is 1. The lowest BCUT2D eigenvalue weighted by Crippen LogP contribution is -2.21. The van der Waals surface area contributed by atoms with Crippen molar-refractivity contribution in [2.75, 3.05) is 5.73 Å². The fraction of sp³-hybridized carbons (Fsp3) is 0. The van der Waals surface area contributed by atoms with Crippen LogP contribution in [0.4, 0.5) is 5.69 Å². The Morgan fingerprint density at radius 3 is 2.21 bits per heavy atom. The summed E-state index contributed by atoms with van der Waals surface area (Å²) in [5.74, 6) is -0.484. The highest BCUT2D eigenvalue weighted by molar-refractivity contribution is 9.10. The predicted octanol–water partition coefficient (Wildman–Crippen LogP) is 3.46. The van der Waals surface area contributed by atoms with Crippen molar-refractivity contribution in [3.05, 3.63) is 62.1 Å². The Labute approximate surface area is 122 Å². The van der Waals surface area contributed by atoms with Gasteiger partial charge in [0.05, 0.1) is 16.3 Å². The smallest absolute Gasteiger partial charge is 0.196 e. The molecule has 1 aliphatic rings. The third-order valence-corrected chi connectivity index (χ3v) is 4.19. The highest BCUT2D eigenvalue weighted by Crippen LogP contribution is 2.38. The third kappa shape index (κ3) is 1.64. The van der Waals surface area contributed by atoms with Gasteiger partial charge in [-0.2, -0.15) is 0 Å². The van der Waals surface area contributed by atoms with Gasteiger partial charge in [-0.1, -0.05) is 35.9 Å². The molecule has 2 N–H and O–H groups in total. The molecular weight excluding hydrogens is 330 g/mol. The van der Waals surface area contributed by atoms with Crippen molar-refractivity contribution in [2.45, 2.75) is 0 Å². The maximum Gasteiger partial charge on any atom is 0.196 e. The first-order valence-electron chi connectivity index (χ1n) is 5.48. The number of nitrogens with two attached hydrogens (primary N) is 1. The van der Waals surface area contributed by atoms with Gasteiger partial charge in [0.15, 0.2) is 11.6 Å². The van der Waals surface area contributed by atoms with Crippen LogP contribution in [-0.2, 0) is 0 Å². The largest absolute Gasteiger partial charge is 0.397 e. The molecule has 0 saturated heterocycles. The van der Waals surface area contributed by atoms with E-state index in [1.807, 2.05) is 0 Å². The fourth-order valence-electron chi connectivity index (χ4n) is 2.19. The summed E-state index contributed by atoms with van der Waals surface area (Å²) in [6.07, 6.45) is 0. The second-order valence-electron chi connectivity index (χ2n) is 4.21. The molecule has 3 nitrogen and oxygen atoms in total. The van der Waals surface area contributed by atoms with Gasteiger partial charge in [-0.3, -0.25) is 9.59 Å². The average molecular weight is 337 g/mol. The molecule has 19 heavy (non-hydrogen) atoms. The Balaban J connectivity index is 2.40. The molecule has 0 amide bonds. The molecule has 0 heterocycles. The summed E-state index contributed by atoms with van der Waals surface area (Å²) in [5, 5.41) is 0.122. The molecule has 0 unspecified atom stereocenters. The molecule has 0 fully saturated rings. The molecule has 1 aliphatic carbocycles. The summed E-state index contributed by atoms with van der Waals surface area (Å²) in [7, 11) is 0. The second-order valence-corrected chi connectivity index (χ2v) is 5.44. The van der Waals surface area contributed by atoms with Gasteiger partial charge in [-0.05, 0) is 22.0 Å². The van der Waals surface area contributed by atoms with Crippen LogP contribution in [0, 0.1) is 0 Å². The van der Waals surface area contributed by atoms with Crippen molar-refractivity contribution >= 4 is 44.8 Å². The molecule has 0 bridgehead atoms. The van der Waals surface area contributed by atoms with Crippen molar-refractivity contribution < 1.29 is 9.59 Å².